The van der Waals surface area contributed by atoms with Crippen molar-refractivity contribution in [3.8, 4) is 0 Å². The number of nitrogens with one attached hydrogen (secondary N) is 1. The fraction of sp³-hybridized carbons (Fsp3) is 0.889. The van der Waals surface area contributed by atoms with Gasteiger partial charge in [0.05, 0.1) is 7.11 Å². The molecule has 1 saturated heterocycles. The van der Waals surface area contributed by atoms with Crippen LogP contribution in [0.1, 0.15) is 32.6 Å². The predicted molar refractivity (Wildman–Crippen MR) is 54.1 cm³/mol. The van der Waals surface area contributed by atoms with Gasteiger partial charge in [-0.1, -0.05) is 12.8 Å². The van der Waals surface area contributed by atoms with Crippen LogP contribution in [0.25, 0.3) is 0 Å². The van der Waals surface area contributed by atoms with Gasteiger partial charge in [-0.05, 0) is 26.3 Å². The Hall–Kier alpha value is -0.280. The first-order valence-electron chi connectivity index (χ1n) is 4.52. The molecule has 0 aromatic heterocycles. The summed E-state index contributed by atoms with van der Waals surface area (Å²) < 4.78 is 4.75. The zero-order valence-electron chi connectivity index (χ0n) is 8.26. The molecule has 1 N–H and O–H groups in total. The minimum atomic E-state index is -0.439. The Labute approximate surface area is 85.6 Å². The summed E-state index contributed by atoms with van der Waals surface area (Å²) in [7, 11) is 1.44. The first-order chi connectivity index (χ1) is 5.69. The van der Waals surface area contributed by atoms with Crippen molar-refractivity contribution in [2.45, 2.75) is 38.1 Å². The molecule has 0 aromatic carbocycles. The molecule has 0 aliphatic carbocycles. The van der Waals surface area contributed by atoms with Gasteiger partial charge in [0.2, 0.25) is 0 Å². The highest BCUT2D eigenvalue weighted by Crippen LogP contribution is 2.19. The van der Waals surface area contributed by atoms with Gasteiger partial charge in [-0.2, -0.15) is 0 Å². The van der Waals surface area contributed by atoms with Crippen molar-refractivity contribution in [2.24, 2.45) is 0 Å². The molecular weight excluding hydrogens is 190 g/mol. The quantitative estimate of drug-likeness (QED) is 0.663. The van der Waals surface area contributed by atoms with Crippen LogP contribution in [0.4, 0.5) is 0 Å². The zero-order chi connectivity index (χ0) is 9.03. The number of ether oxygens (including phenoxy) is 1. The molecule has 0 amide bonds. The maximum absolute atomic E-state index is 11.4. The van der Waals surface area contributed by atoms with Crippen LogP contribution < -0.4 is 5.32 Å². The molecule has 1 rings (SSSR count). The van der Waals surface area contributed by atoms with Crippen LogP contribution >= 0.6 is 12.4 Å². The van der Waals surface area contributed by atoms with Crippen LogP contribution in [-0.4, -0.2) is 25.2 Å². The minimum Gasteiger partial charge on any atom is -0.468 e. The number of halogens is 1. The molecule has 4 heteroatoms. The maximum atomic E-state index is 11.4. The van der Waals surface area contributed by atoms with Gasteiger partial charge in [0.25, 0.3) is 0 Å². The van der Waals surface area contributed by atoms with Gasteiger partial charge in [-0.25, -0.2) is 0 Å². The third-order valence-electron chi connectivity index (χ3n) is 2.50. The number of rotatable bonds is 1. The van der Waals surface area contributed by atoms with Crippen molar-refractivity contribution in [3.05, 3.63) is 0 Å². The fourth-order valence-corrected chi connectivity index (χ4v) is 1.63. The Balaban J connectivity index is 0.00000144. The van der Waals surface area contributed by atoms with E-state index < -0.39 is 5.54 Å². The molecule has 1 aliphatic heterocycles. The van der Waals surface area contributed by atoms with Crippen molar-refractivity contribution in [1.29, 1.82) is 0 Å². The smallest absolute Gasteiger partial charge is 0.325 e. The first kappa shape index (κ1) is 12.7. The van der Waals surface area contributed by atoms with Crippen molar-refractivity contribution in [3.63, 3.8) is 0 Å². The molecule has 1 unspecified atom stereocenters. The zero-order valence-corrected chi connectivity index (χ0v) is 9.08. The number of carbonyl (C=O) groups is 1. The Morgan fingerprint density at radius 2 is 2.08 bits per heavy atom. The second kappa shape index (κ2) is 5.45. The average molecular weight is 208 g/mol. The lowest BCUT2D eigenvalue weighted by Crippen LogP contribution is -2.49. The minimum absolute atomic E-state index is 0. The predicted octanol–water partition coefficient (Wildman–Crippen LogP) is 1.50. The summed E-state index contributed by atoms with van der Waals surface area (Å²) in [5.41, 5.74) is -0.439. The first-order valence-corrected chi connectivity index (χ1v) is 4.52. The molecule has 0 radical (unpaired) electrons. The molecule has 1 heterocycles. The topological polar surface area (TPSA) is 38.3 Å². The Morgan fingerprint density at radius 3 is 2.69 bits per heavy atom. The molecule has 1 atom stereocenters. The van der Waals surface area contributed by atoms with E-state index in [0.717, 1.165) is 25.8 Å². The van der Waals surface area contributed by atoms with Crippen molar-refractivity contribution in [1.82, 2.24) is 5.32 Å². The van der Waals surface area contributed by atoms with Gasteiger partial charge in [0.15, 0.2) is 0 Å². The molecular formula is C9H18ClNO2. The SMILES string of the molecule is COC(=O)C1(C)CCCCCN1.Cl. The van der Waals surface area contributed by atoms with Crippen LogP contribution in [0.5, 0.6) is 0 Å². The van der Waals surface area contributed by atoms with Gasteiger partial charge in [0.1, 0.15) is 5.54 Å². The van der Waals surface area contributed by atoms with E-state index in [2.05, 4.69) is 5.32 Å². The highest BCUT2D eigenvalue weighted by molar-refractivity contribution is 5.85. The highest BCUT2D eigenvalue weighted by Gasteiger charge is 2.33. The molecule has 0 aromatic rings. The van der Waals surface area contributed by atoms with Crippen LogP contribution in [0.3, 0.4) is 0 Å². The summed E-state index contributed by atoms with van der Waals surface area (Å²) in [6, 6.07) is 0. The van der Waals surface area contributed by atoms with E-state index in [-0.39, 0.29) is 18.4 Å². The van der Waals surface area contributed by atoms with Gasteiger partial charge in [-0.3, -0.25) is 4.79 Å². The second-order valence-electron chi connectivity index (χ2n) is 3.56. The monoisotopic (exact) mass is 207 g/mol. The van der Waals surface area contributed by atoms with E-state index >= 15 is 0 Å². The van der Waals surface area contributed by atoms with Crippen LogP contribution in [0, 0.1) is 0 Å². The van der Waals surface area contributed by atoms with Crippen molar-refractivity contribution < 1.29 is 9.53 Å². The Bertz CT molecular complexity index is 165. The lowest BCUT2D eigenvalue weighted by atomic mass is 9.96. The van der Waals surface area contributed by atoms with Crippen LogP contribution in [0.2, 0.25) is 0 Å². The second-order valence-corrected chi connectivity index (χ2v) is 3.56. The van der Waals surface area contributed by atoms with Crippen LogP contribution in [-0.2, 0) is 9.53 Å². The van der Waals surface area contributed by atoms with E-state index in [1.807, 2.05) is 6.92 Å². The number of esters is 1. The lowest BCUT2D eigenvalue weighted by molar-refractivity contribution is -0.148. The van der Waals surface area contributed by atoms with E-state index in [0.29, 0.717) is 0 Å². The summed E-state index contributed by atoms with van der Waals surface area (Å²) >= 11 is 0. The van der Waals surface area contributed by atoms with Gasteiger partial charge < -0.3 is 10.1 Å². The summed E-state index contributed by atoms with van der Waals surface area (Å²) in [6.07, 6.45) is 4.37. The standard InChI is InChI=1S/C9H17NO2.ClH/c1-9(8(11)12-2)6-4-3-5-7-10-9;/h10H,3-7H2,1-2H3;1H. The van der Waals surface area contributed by atoms with Gasteiger partial charge in [-0.15, -0.1) is 12.4 Å². The third-order valence-corrected chi connectivity index (χ3v) is 2.50. The highest BCUT2D eigenvalue weighted by atomic mass is 35.5. The molecule has 3 nitrogen and oxygen atoms in total. The van der Waals surface area contributed by atoms with E-state index in [4.69, 9.17) is 4.74 Å². The van der Waals surface area contributed by atoms with Gasteiger partial charge >= 0.3 is 5.97 Å². The molecule has 78 valence electrons. The van der Waals surface area contributed by atoms with Crippen molar-refractivity contribution in [2.75, 3.05) is 13.7 Å². The molecule has 1 fully saturated rings. The number of carbonyl (C=O) groups excluding carboxylic acids is 1. The largest absolute Gasteiger partial charge is 0.468 e. The summed E-state index contributed by atoms with van der Waals surface area (Å²) in [5, 5.41) is 3.23. The summed E-state index contributed by atoms with van der Waals surface area (Å²) in [6.45, 7) is 2.84. The van der Waals surface area contributed by atoms with Crippen molar-refractivity contribution >= 4 is 18.4 Å². The Morgan fingerprint density at radius 1 is 1.38 bits per heavy atom. The van der Waals surface area contributed by atoms with E-state index in [1.54, 1.807) is 0 Å². The fourth-order valence-electron chi connectivity index (χ4n) is 1.63. The maximum Gasteiger partial charge on any atom is 0.325 e. The average Bonchev–Trinajstić information content (AvgIpc) is 2.29. The van der Waals surface area contributed by atoms with Crippen LogP contribution in [0.15, 0.2) is 0 Å². The summed E-state index contributed by atoms with van der Waals surface area (Å²) in [4.78, 5) is 11.4. The number of methoxy groups -OCH3 is 1. The third kappa shape index (κ3) is 3.16. The number of hydrogen-bond donors (Lipinski definition) is 1. The normalized spacial score (nSPS) is 28.5. The molecule has 0 spiro atoms. The Kier molecular flexibility index (Phi) is 5.33. The molecule has 0 bridgehead atoms. The molecule has 0 saturated carbocycles. The lowest BCUT2D eigenvalue weighted by Gasteiger charge is -2.25. The summed E-state index contributed by atoms with van der Waals surface area (Å²) in [5.74, 6) is -0.135. The molecule has 1 aliphatic rings. The van der Waals surface area contributed by atoms with Gasteiger partial charge in [0, 0.05) is 0 Å². The number of hydrogen-bond acceptors (Lipinski definition) is 3. The molecule has 13 heavy (non-hydrogen) atoms. The van der Waals surface area contributed by atoms with E-state index in [9.17, 15) is 4.79 Å². The van der Waals surface area contributed by atoms with E-state index in [1.165, 1.54) is 13.5 Å².